The Bertz CT molecular complexity index is 1480. The Morgan fingerprint density at radius 3 is 2.24 bits per heavy atom. The minimum absolute atomic E-state index is 0.0231. The lowest BCUT2D eigenvalue weighted by atomic mass is 10.0. The maximum atomic E-state index is 14.2. The van der Waals surface area contributed by atoms with Crippen molar-refractivity contribution in [1.29, 1.82) is 0 Å². The molecule has 41 heavy (non-hydrogen) atoms. The topological polar surface area (TPSA) is 86.8 Å². The molecule has 0 aliphatic heterocycles. The van der Waals surface area contributed by atoms with Crippen molar-refractivity contribution in [2.24, 2.45) is 0 Å². The Labute approximate surface area is 253 Å². The largest absolute Gasteiger partial charge is 0.352 e. The van der Waals surface area contributed by atoms with Crippen LogP contribution >= 0.6 is 23.2 Å². The number of hydrogen-bond donors (Lipinski definition) is 1. The van der Waals surface area contributed by atoms with E-state index >= 15 is 0 Å². The third-order valence-electron chi connectivity index (χ3n) is 6.93. The van der Waals surface area contributed by atoms with Crippen molar-refractivity contribution in [3.8, 4) is 0 Å². The highest BCUT2D eigenvalue weighted by atomic mass is 35.5. The molecule has 0 fully saturated rings. The maximum absolute atomic E-state index is 14.2. The SMILES string of the molecule is CC[C@H](C)NC(=O)[C@@H](Cc1ccccc1)N(Cc1ccc(Cl)cc1Cl)C(=O)CN(c1ccc(C)cc1C)S(C)(=O)=O. The summed E-state index contributed by atoms with van der Waals surface area (Å²) >= 11 is 12.6. The van der Waals surface area contributed by atoms with Gasteiger partial charge in [0.1, 0.15) is 12.6 Å². The van der Waals surface area contributed by atoms with E-state index in [0.717, 1.165) is 21.7 Å². The average Bonchev–Trinajstić information content (AvgIpc) is 2.90. The quantitative estimate of drug-likeness (QED) is 0.273. The standard InChI is InChI=1S/C31H37Cl2N3O4S/c1-6-23(4)34-31(38)29(17-24-10-8-7-9-11-24)35(19-25-13-14-26(32)18-27(25)33)30(37)20-36(41(5,39)40)28-15-12-21(2)16-22(28)3/h7-16,18,23,29H,6,17,19-20H2,1-5H3,(H,34,38)/t23-,29+/m0/s1. The molecule has 0 aromatic heterocycles. The molecule has 0 aliphatic carbocycles. The molecule has 3 aromatic carbocycles. The third kappa shape index (κ3) is 8.96. The van der Waals surface area contributed by atoms with E-state index in [2.05, 4.69) is 5.32 Å². The molecule has 0 unspecified atom stereocenters. The molecule has 2 amide bonds. The molecule has 1 N–H and O–H groups in total. The molecular weight excluding hydrogens is 581 g/mol. The Hall–Kier alpha value is -3.07. The van der Waals surface area contributed by atoms with E-state index in [1.165, 1.54) is 4.90 Å². The van der Waals surface area contributed by atoms with Crippen LogP contribution in [0.1, 0.15) is 42.5 Å². The van der Waals surface area contributed by atoms with Crippen LogP contribution in [0, 0.1) is 13.8 Å². The van der Waals surface area contributed by atoms with E-state index in [-0.39, 0.29) is 24.9 Å². The highest BCUT2D eigenvalue weighted by Crippen LogP contribution is 2.27. The zero-order chi connectivity index (χ0) is 30.3. The lowest BCUT2D eigenvalue weighted by molar-refractivity contribution is -0.140. The van der Waals surface area contributed by atoms with Gasteiger partial charge in [-0.3, -0.25) is 13.9 Å². The fraction of sp³-hybridized carbons (Fsp3) is 0.355. The molecule has 0 saturated carbocycles. The van der Waals surface area contributed by atoms with Gasteiger partial charge in [-0.2, -0.15) is 0 Å². The number of halogens is 2. The van der Waals surface area contributed by atoms with Crippen molar-refractivity contribution in [3.63, 3.8) is 0 Å². The predicted molar refractivity (Wildman–Crippen MR) is 167 cm³/mol. The summed E-state index contributed by atoms with van der Waals surface area (Å²) in [4.78, 5) is 29.4. The number of amides is 2. The Morgan fingerprint density at radius 2 is 1.66 bits per heavy atom. The molecule has 10 heteroatoms. The highest BCUT2D eigenvalue weighted by molar-refractivity contribution is 7.92. The number of sulfonamides is 1. The first-order chi connectivity index (χ1) is 19.3. The number of carbonyl (C=O) groups excluding carboxylic acids is 2. The van der Waals surface area contributed by atoms with E-state index in [1.54, 1.807) is 37.3 Å². The average molecular weight is 619 g/mol. The van der Waals surface area contributed by atoms with Gasteiger partial charge in [-0.15, -0.1) is 0 Å². The Balaban J connectivity index is 2.11. The predicted octanol–water partition coefficient (Wildman–Crippen LogP) is 5.93. The van der Waals surface area contributed by atoms with Crippen molar-refractivity contribution in [3.05, 3.63) is 99.0 Å². The third-order valence-corrected chi connectivity index (χ3v) is 8.64. The van der Waals surface area contributed by atoms with Crippen LogP contribution in [0.2, 0.25) is 10.0 Å². The number of benzene rings is 3. The summed E-state index contributed by atoms with van der Waals surface area (Å²) < 4.78 is 27.1. The minimum Gasteiger partial charge on any atom is -0.352 e. The fourth-order valence-corrected chi connectivity index (χ4v) is 5.88. The zero-order valence-corrected chi connectivity index (χ0v) is 26.4. The van der Waals surface area contributed by atoms with Crippen molar-refractivity contribution in [2.45, 2.75) is 59.2 Å². The van der Waals surface area contributed by atoms with Gasteiger partial charge >= 0.3 is 0 Å². The van der Waals surface area contributed by atoms with Crippen LogP contribution in [-0.2, 0) is 32.6 Å². The maximum Gasteiger partial charge on any atom is 0.244 e. The van der Waals surface area contributed by atoms with Gasteiger partial charge in [0.15, 0.2) is 0 Å². The molecule has 0 bridgehead atoms. The van der Waals surface area contributed by atoms with Gasteiger partial charge in [0.25, 0.3) is 0 Å². The van der Waals surface area contributed by atoms with Crippen LogP contribution in [0.3, 0.4) is 0 Å². The molecule has 0 radical (unpaired) electrons. The fourth-order valence-electron chi connectivity index (χ4n) is 4.51. The van der Waals surface area contributed by atoms with E-state index in [0.29, 0.717) is 33.3 Å². The number of anilines is 1. The zero-order valence-electron chi connectivity index (χ0n) is 24.0. The van der Waals surface area contributed by atoms with Crippen LogP contribution in [0.5, 0.6) is 0 Å². The molecular formula is C31H37Cl2N3O4S. The van der Waals surface area contributed by atoms with Gasteiger partial charge in [-0.25, -0.2) is 8.42 Å². The Morgan fingerprint density at radius 1 is 0.976 bits per heavy atom. The first-order valence-corrected chi connectivity index (χ1v) is 16.0. The van der Waals surface area contributed by atoms with Gasteiger partial charge in [0.05, 0.1) is 11.9 Å². The van der Waals surface area contributed by atoms with Crippen molar-refractivity contribution >= 4 is 50.7 Å². The second kappa shape index (κ2) is 14.2. The second-order valence-corrected chi connectivity index (χ2v) is 13.1. The second-order valence-electron chi connectivity index (χ2n) is 10.3. The summed E-state index contributed by atoms with van der Waals surface area (Å²) in [6.45, 7) is 7.05. The molecule has 3 aromatic rings. The number of hydrogen-bond acceptors (Lipinski definition) is 4. The molecule has 2 atom stereocenters. The monoisotopic (exact) mass is 617 g/mol. The molecule has 0 spiro atoms. The van der Waals surface area contributed by atoms with Crippen LogP contribution in [0.25, 0.3) is 0 Å². The van der Waals surface area contributed by atoms with E-state index in [1.807, 2.05) is 57.2 Å². The number of nitrogens with one attached hydrogen (secondary N) is 1. The lowest BCUT2D eigenvalue weighted by Crippen LogP contribution is -2.54. The molecule has 0 aliphatic rings. The summed E-state index contributed by atoms with van der Waals surface area (Å²) in [6.07, 6.45) is 1.99. The minimum atomic E-state index is -3.85. The summed E-state index contributed by atoms with van der Waals surface area (Å²) in [5, 5.41) is 3.78. The smallest absolute Gasteiger partial charge is 0.244 e. The summed E-state index contributed by atoms with van der Waals surface area (Å²) in [5.74, 6) is -0.874. The van der Waals surface area contributed by atoms with Crippen LogP contribution < -0.4 is 9.62 Å². The summed E-state index contributed by atoms with van der Waals surface area (Å²) in [6, 6.07) is 18.6. The molecule has 0 heterocycles. The summed E-state index contributed by atoms with van der Waals surface area (Å²) in [5.41, 5.74) is 3.52. The highest BCUT2D eigenvalue weighted by Gasteiger charge is 2.34. The van der Waals surface area contributed by atoms with Crippen molar-refractivity contribution in [1.82, 2.24) is 10.2 Å². The number of aryl methyl sites for hydroxylation is 2. The van der Waals surface area contributed by atoms with Gasteiger partial charge in [0, 0.05) is 29.1 Å². The van der Waals surface area contributed by atoms with Gasteiger partial charge < -0.3 is 10.2 Å². The first kappa shape index (κ1) is 32.4. The summed E-state index contributed by atoms with van der Waals surface area (Å²) in [7, 11) is -3.85. The molecule has 3 rings (SSSR count). The molecule has 0 saturated heterocycles. The Kier molecular flexibility index (Phi) is 11.2. The first-order valence-electron chi connectivity index (χ1n) is 13.4. The van der Waals surface area contributed by atoms with Crippen LogP contribution in [0.4, 0.5) is 5.69 Å². The number of nitrogens with zero attached hydrogens (tertiary/aromatic N) is 2. The van der Waals surface area contributed by atoms with Gasteiger partial charge in [-0.1, -0.05) is 84.2 Å². The number of carbonyl (C=O) groups is 2. The van der Waals surface area contributed by atoms with Crippen molar-refractivity contribution < 1.29 is 18.0 Å². The van der Waals surface area contributed by atoms with E-state index < -0.39 is 28.5 Å². The normalized spacial score (nSPS) is 12.9. The van der Waals surface area contributed by atoms with Gasteiger partial charge in [0.2, 0.25) is 21.8 Å². The number of rotatable bonds is 12. The van der Waals surface area contributed by atoms with E-state index in [4.69, 9.17) is 23.2 Å². The van der Waals surface area contributed by atoms with E-state index in [9.17, 15) is 18.0 Å². The van der Waals surface area contributed by atoms with Gasteiger partial charge in [-0.05, 0) is 62.1 Å². The molecule has 220 valence electrons. The lowest BCUT2D eigenvalue weighted by Gasteiger charge is -2.34. The van der Waals surface area contributed by atoms with Crippen LogP contribution in [0.15, 0.2) is 66.7 Å². The molecule has 7 nitrogen and oxygen atoms in total. The van der Waals surface area contributed by atoms with Crippen LogP contribution in [-0.4, -0.2) is 50.0 Å². The van der Waals surface area contributed by atoms with Crippen molar-refractivity contribution in [2.75, 3.05) is 17.1 Å².